The number of hydrogen-bond donors (Lipinski definition) is 2. The number of amides is 1. The van der Waals surface area contributed by atoms with Gasteiger partial charge in [0.15, 0.2) is 0 Å². The van der Waals surface area contributed by atoms with E-state index in [1.54, 1.807) is 0 Å². The molecule has 1 aliphatic heterocycles. The van der Waals surface area contributed by atoms with Gasteiger partial charge in [0.05, 0.1) is 0 Å². The molecule has 0 spiro atoms. The second-order valence-electron chi connectivity index (χ2n) is 4.02. The monoisotopic (exact) mass is 302 g/mol. The van der Waals surface area contributed by atoms with E-state index < -0.39 is 0 Å². The molecule has 3 nitrogen and oxygen atoms in total. The first-order valence-corrected chi connectivity index (χ1v) is 7.16. The summed E-state index contributed by atoms with van der Waals surface area (Å²) in [7, 11) is 0. The summed E-state index contributed by atoms with van der Waals surface area (Å²) in [5.41, 5.74) is 0. The number of carbonyl (C=O) groups is 1. The maximum Gasteiger partial charge on any atom is 0.262 e. The summed E-state index contributed by atoms with van der Waals surface area (Å²) >= 11 is 4.84. The average molecular weight is 303 g/mol. The van der Waals surface area contributed by atoms with E-state index in [0.717, 1.165) is 29.0 Å². The molecule has 0 radical (unpaired) electrons. The van der Waals surface area contributed by atoms with Crippen molar-refractivity contribution < 1.29 is 4.79 Å². The van der Waals surface area contributed by atoms with E-state index in [1.165, 1.54) is 24.2 Å². The summed E-state index contributed by atoms with van der Waals surface area (Å²) in [6.07, 6.45) is 2.42. The fourth-order valence-corrected chi connectivity index (χ4v) is 3.34. The molecule has 16 heavy (non-hydrogen) atoms. The minimum Gasteiger partial charge on any atom is -0.351 e. The Morgan fingerprint density at radius 2 is 2.56 bits per heavy atom. The lowest BCUT2D eigenvalue weighted by molar-refractivity contribution is 0.0948. The predicted molar refractivity (Wildman–Crippen MR) is 69.9 cm³/mol. The highest BCUT2D eigenvalue weighted by molar-refractivity contribution is 9.10. The first kappa shape index (κ1) is 12.1. The molecule has 1 amide bonds. The Bertz CT molecular complexity index is 361. The van der Waals surface area contributed by atoms with Crippen molar-refractivity contribution in [3.63, 3.8) is 0 Å². The fraction of sp³-hybridized carbons (Fsp3) is 0.545. The first-order chi connectivity index (χ1) is 7.77. The number of nitrogens with one attached hydrogen (secondary N) is 2. The topological polar surface area (TPSA) is 41.1 Å². The lowest BCUT2D eigenvalue weighted by Crippen LogP contribution is -2.37. The number of thiophene rings is 1. The zero-order valence-corrected chi connectivity index (χ0v) is 11.4. The van der Waals surface area contributed by atoms with E-state index in [1.807, 2.05) is 11.4 Å². The van der Waals surface area contributed by atoms with Gasteiger partial charge < -0.3 is 10.6 Å². The lowest BCUT2D eigenvalue weighted by Gasteiger charge is -2.22. The Labute approximate surface area is 108 Å². The van der Waals surface area contributed by atoms with Gasteiger partial charge in [-0.25, -0.2) is 0 Å². The van der Waals surface area contributed by atoms with Crippen LogP contribution >= 0.6 is 27.3 Å². The Balaban J connectivity index is 1.81. The quantitative estimate of drug-likeness (QED) is 0.899. The molecule has 1 atom stereocenters. The summed E-state index contributed by atoms with van der Waals surface area (Å²) in [5, 5.41) is 8.26. The van der Waals surface area contributed by atoms with E-state index >= 15 is 0 Å². The molecular formula is C11H15BrN2OS. The normalized spacial score (nSPS) is 20.7. The SMILES string of the molecule is O=C(NC[C@H]1CCCNC1)c1sccc1Br. The summed E-state index contributed by atoms with van der Waals surface area (Å²) in [5.74, 6) is 0.615. The molecular weight excluding hydrogens is 288 g/mol. The minimum atomic E-state index is 0.0347. The molecule has 2 heterocycles. The molecule has 1 aliphatic rings. The standard InChI is InChI=1S/C11H15BrN2OS/c12-9-3-5-16-10(9)11(15)14-7-8-2-1-4-13-6-8/h3,5,8,13H,1-2,4,6-7H2,(H,14,15)/t8-/m0/s1. The van der Waals surface area contributed by atoms with Crippen molar-refractivity contribution in [1.82, 2.24) is 10.6 Å². The third-order valence-corrected chi connectivity index (χ3v) is 4.61. The van der Waals surface area contributed by atoms with E-state index in [2.05, 4.69) is 26.6 Å². The highest BCUT2D eigenvalue weighted by atomic mass is 79.9. The molecule has 1 saturated heterocycles. The van der Waals surface area contributed by atoms with E-state index in [9.17, 15) is 4.79 Å². The molecule has 0 aromatic carbocycles. The fourth-order valence-electron chi connectivity index (χ4n) is 1.87. The highest BCUT2D eigenvalue weighted by Crippen LogP contribution is 2.22. The second-order valence-corrected chi connectivity index (χ2v) is 5.79. The van der Waals surface area contributed by atoms with Gasteiger partial charge in [0.2, 0.25) is 0 Å². The van der Waals surface area contributed by atoms with Crippen molar-refractivity contribution in [2.75, 3.05) is 19.6 Å². The summed E-state index contributed by atoms with van der Waals surface area (Å²) in [6.45, 7) is 2.91. The average Bonchev–Trinajstić information content (AvgIpc) is 2.74. The molecule has 1 fully saturated rings. The molecule has 5 heteroatoms. The number of halogens is 1. The van der Waals surface area contributed by atoms with Crippen LogP contribution in [0.15, 0.2) is 15.9 Å². The first-order valence-electron chi connectivity index (χ1n) is 5.49. The van der Waals surface area contributed by atoms with Crippen LogP contribution in [-0.2, 0) is 0 Å². The third-order valence-electron chi connectivity index (χ3n) is 2.77. The number of carbonyl (C=O) groups excluding carboxylic acids is 1. The van der Waals surface area contributed by atoms with Gasteiger partial charge in [0.1, 0.15) is 4.88 Å². The second kappa shape index (κ2) is 5.80. The highest BCUT2D eigenvalue weighted by Gasteiger charge is 2.16. The van der Waals surface area contributed by atoms with Crippen LogP contribution in [0.2, 0.25) is 0 Å². The van der Waals surface area contributed by atoms with Crippen LogP contribution in [0.4, 0.5) is 0 Å². The lowest BCUT2D eigenvalue weighted by atomic mass is 10.00. The van der Waals surface area contributed by atoms with Crippen molar-refractivity contribution in [3.8, 4) is 0 Å². The zero-order valence-electron chi connectivity index (χ0n) is 8.96. The smallest absolute Gasteiger partial charge is 0.262 e. The maximum absolute atomic E-state index is 11.8. The van der Waals surface area contributed by atoms with Gasteiger partial charge in [0, 0.05) is 11.0 Å². The Hall–Kier alpha value is -0.390. The summed E-state index contributed by atoms with van der Waals surface area (Å²) < 4.78 is 0.886. The van der Waals surface area contributed by atoms with Crippen LogP contribution in [0.5, 0.6) is 0 Å². The van der Waals surface area contributed by atoms with E-state index in [4.69, 9.17) is 0 Å². The summed E-state index contributed by atoms with van der Waals surface area (Å²) in [6, 6.07) is 1.90. The molecule has 1 aromatic rings. The molecule has 2 N–H and O–H groups in total. The van der Waals surface area contributed by atoms with Crippen LogP contribution < -0.4 is 10.6 Å². The van der Waals surface area contributed by atoms with Gasteiger partial charge in [-0.05, 0) is 59.2 Å². The van der Waals surface area contributed by atoms with Crippen LogP contribution in [0.25, 0.3) is 0 Å². The third kappa shape index (κ3) is 3.06. The van der Waals surface area contributed by atoms with Gasteiger partial charge in [-0.2, -0.15) is 0 Å². The van der Waals surface area contributed by atoms with Gasteiger partial charge in [-0.1, -0.05) is 0 Å². The van der Waals surface area contributed by atoms with Crippen molar-refractivity contribution >= 4 is 33.2 Å². The number of hydrogen-bond acceptors (Lipinski definition) is 3. The van der Waals surface area contributed by atoms with E-state index in [-0.39, 0.29) is 5.91 Å². The van der Waals surface area contributed by atoms with Gasteiger partial charge in [-0.15, -0.1) is 11.3 Å². The molecule has 2 rings (SSSR count). The van der Waals surface area contributed by atoms with Gasteiger partial charge in [0.25, 0.3) is 5.91 Å². The van der Waals surface area contributed by atoms with Crippen molar-refractivity contribution in [3.05, 3.63) is 20.8 Å². The molecule has 88 valence electrons. The van der Waals surface area contributed by atoms with Crippen LogP contribution in [0, 0.1) is 5.92 Å². The molecule has 0 saturated carbocycles. The molecule has 0 unspecified atom stereocenters. The predicted octanol–water partition coefficient (Wildman–Crippen LogP) is 2.24. The molecule has 0 bridgehead atoms. The van der Waals surface area contributed by atoms with Gasteiger partial charge >= 0.3 is 0 Å². The minimum absolute atomic E-state index is 0.0347. The molecule has 0 aliphatic carbocycles. The van der Waals surface area contributed by atoms with Crippen LogP contribution in [0.3, 0.4) is 0 Å². The zero-order chi connectivity index (χ0) is 11.4. The summed E-state index contributed by atoms with van der Waals surface area (Å²) in [4.78, 5) is 12.6. The Kier molecular flexibility index (Phi) is 4.37. The van der Waals surface area contributed by atoms with Crippen molar-refractivity contribution in [2.45, 2.75) is 12.8 Å². The maximum atomic E-state index is 11.8. The van der Waals surface area contributed by atoms with Crippen LogP contribution in [0.1, 0.15) is 22.5 Å². The number of piperidine rings is 1. The van der Waals surface area contributed by atoms with E-state index in [0.29, 0.717) is 5.92 Å². The van der Waals surface area contributed by atoms with Gasteiger partial charge in [-0.3, -0.25) is 4.79 Å². The number of rotatable bonds is 3. The van der Waals surface area contributed by atoms with Crippen molar-refractivity contribution in [1.29, 1.82) is 0 Å². The van der Waals surface area contributed by atoms with Crippen LogP contribution in [-0.4, -0.2) is 25.5 Å². The Morgan fingerprint density at radius 1 is 1.69 bits per heavy atom. The van der Waals surface area contributed by atoms with Crippen molar-refractivity contribution in [2.24, 2.45) is 5.92 Å². The molecule has 1 aromatic heterocycles. The largest absolute Gasteiger partial charge is 0.351 e. The Morgan fingerprint density at radius 3 is 3.19 bits per heavy atom.